The van der Waals surface area contributed by atoms with Crippen LogP contribution in [0.2, 0.25) is 0 Å². The SMILES string of the molecule is CCCCCCCCC/C=C\CCCCCCCC(=O)OC(COC(=O)CCCCCCCCCCCCCCCCCC)COC(=O)CCCCCCCCCCCCCCCCC/C=C\CCCCCCCCCC. The molecule has 6 nitrogen and oxygen atoms in total. The fraction of sp³-hybridized carbons (Fsp3) is 0.901. The lowest BCUT2D eigenvalue weighted by Crippen LogP contribution is -2.30. The summed E-state index contributed by atoms with van der Waals surface area (Å²) in [6.45, 7) is 6.71. The monoisotopic (exact) mass is 1080 g/mol. The van der Waals surface area contributed by atoms with Gasteiger partial charge >= 0.3 is 17.9 Å². The summed E-state index contributed by atoms with van der Waals surface area (Å²) in [6, 6.07) is 0. The molecule has 0 fully saturated rings. The molecule has 0 radical (unpaired) electrons. The molecule has 0 aromatic rings. The van der Waals surface area contributed by atoms with E-state index in [4.69, 9.17) is 14.2 Å². The Kier molecular flexibility index (Phi) is 64.6. The second-order valence-corrected chi connectivity index (χ2v) is 23.8. The van der Waals surface area contributed by atoms with E-state index in [2.05, 4.69) is 45.1 Å². The summed E-state index contributed by atoms with van der Waals surface area (Å²) < 4.78 is 17.0. The predicted octanol–water partition coefficient (Wildman–Crippen LogP) is 23.8. The van der Waals surface area contributed by atoms with Crippen LogP contribution in [-0.2, 0) is 28.6 Å². The van der Waals surface area contributed by atoms with Crippen LogP contribution < -0.4 is 0 Å². The van der Waals surface area contributed by atoms with E-state index < -0.39 is 6.10 Å². The molecule has 0 spiro atoms. The zero-order valence-electron chi connectivity index (χ0n) is 52.3. The van der Waals surface area contributed by atoms with Crippen LogP contribution in [0.3, 0.4) is 0 Å². The summed E-state index contributed by atoms with van der Waals surface area (Å²) in [5.74, 6) is -0.846. The van der Waals surface area contributed by atoms with E-state index in [0.29, 0.717) is 19.3 Å². The van der Waals surface area contributed by atoms with E-state index in [0.717, 1.165) is 64.2 Å². The third-order valence-corrected chi connectivity index (χ3v) is 15.9. The van der Waals surface area contributed by atoms with E-state index in [1.165, 1.54) is 289 Å². The maximum atomic E-state index is 12.9. The highest BCUT2D eigenvalue weighted by atomic mass is 16.6. The van der Waals surface area contributed by atoms with Gasteiger partial charge in [0, 0.05) is 19.3 Å². The fourth-order valence-corrected chi connectivity index (χ4v) is 10.7. The second kappa shape index (κ2) is 66.4. The average Bonchev–Trinajstić information content (AvgIpc) is 3.43. The minimum Gasteiger partial charge on any atom is -0.462 e. The molecule has 0 aliphatic carbocycles. The van der Waals surface area contributed by atoms with Crippen molar-refractivity contribution in [2.24, 2.45) is 0 Å². The van der Waals surface area contributed by atoms with Crippen molar-refractivity contribution in [1.29, 1.82) is 0 Å². The van der Waals surface area contributed by atoms with Gasteiger partial charge in [0.1, 0.15) is 13.2 Å². The predicted molar refractivity (Wildman–Crippen MR) is 335 cm³/mol. The van der Waals surface area contributed by atoms with Crippen LogP contribution in [0.5, 0.6) is 0 Å². The summed E-state index contributed by atoms with van der Waals surface area (Å²) in [5, 5.41) is 0. The summed E-state index contributed by atoms with van der Waals surface area (Å²) in [4.78, 5) is 38.4. The average molecular weight is 1080 g/mol. The fourth-order valence-electron chi connectivity index (χ4n) is 10.7. The molecule has 1 unspecified atom stereocenters. The number of hydrogen-bond donors (Lipinski definition) is 0. The first-order chi connectivity index (χ1) is 38.0. The van der Waals surface area contributed by atoms with Gasteiger partial charge < -0.3 is 14.2 Å². The molecule has 0 saturated carbocycles. The van der Waals surface area contributed by atoms with Gasteiger partial charge in [-0.25, -0.2) is 0 Å². The second-order valence-electron chi connectivity index (χ2n) is 23.8. The summed E-state index contributed by atoms with van der Waals surface area (Å²) in [6.07, 6.45) is 80.6. The van der Waals surface area contributed by atoms with Gasteiger partial charge in [-0.1, -0.05) is 328 Å². The molecule has 6 heteroatoms. The Labute approximate surface area is 481 Å². The number of esters is 3. The minimum absolute atomic E-state index is 0.0685. The Balaban J connectivity index is 4.22. The van der Waals surface area contributed by atoms with Crippen molar-refractivity contribution in [1.82, 2.24) is 0 Å². The van der Waals surface area contributed by atoms with Crippen LogP contribution in [-0.4, -0.2) is 37.2 Å². The van der Waals surface area contributed by atoms with E-state index >= 15 is 0 Å². The number of hydrogen-bond acceptors (Lipinski definition) is 6. The van der Waals surface area contributed by atoms with Crippen molar-refractivity contribution in [3.05, 3.63) is 24.3 Å². The van der Waals surface area contributed by atoms with Crippen molar-refractivity contribution in [2.75, 3.05) is 13.2 Å². The van der Waals surface area contributed by atoms with Crippen molar-refractivity contribution >= 4 is 17.9 Å². The molecule has 0 saturated heterocycles. The Morgan fingerprint density at radius 2 is 0.429 bits per heavy atom. The van der Waals surface area contributed by atoms with E-state index in [1.807, 2.05) is 0 Å². The minimum atomic E-state index is -0.773. The molecule has 0 aromatic heterocycles. The van der Waals surface area contributed by atoms with Gasteiger partial charge in [-0.3, -0.25) is 14.4 Å². The van der Waals surface area contributed by atoms with Crippen LogP contribution in [0.15, 0.2) is 24.3 Å². The third kappa shape index (κ3) is 64.6. The molecular weight excluding hydrogens is 949 g/mol. The number of allylic oxidation sites excluding steroid dienone is 4. The number of ether oxygens (including phenoxy) is 3. The van der Waals surface area contributed by atoms with Crippen molar-refractivity contribution in [2.45, 2.75) is 399 Å². The molecule has 0 amide bonds. The normalized spacial score (nSPS) is 12.1. The highest BCUT2D eigenvalue weighted by Gasteiger charge is 2.19. The molecule has 0 N–H and O–H groups in total. The first-order valence-electron chi connectivity index (χ1n) is 34.8. The van der Waals surface area contributed by atoms with E-state index in [1.54, 1.807) is 0 Å². The van der Waals surface area contributed by atoms with Gasteiger partial charge in [0.05, 0.1) is 0 Å². The Morgan fingerprint density at radius 1 is 0.247 bits per heavy atom. The molecule has 0 aliphatic rings. The van der Waals surface area contributed by atoms with Crippen LogP contribution in [0.4, 0.5) is 0 Å². The summed E-state index contributed by atoms with van der Waals surface area (Å²) in [5.41, 5.74) is 0. The lowest BCUT2D eigenvalue weighted by molar-refractivity contribution is -0.167. The van der Waals surface area contributed by atoms with E-state index in [9.17, 15) is 14.4 Å². The first-order valence-corrected chi connectivity index (χ1v) is 34.8. The maximum Gasteiger partial charge on any atom is 0.306 e. The van der Waals surface area contributed by atoms with Crippen LogP contribution in [0, 0.1) is 0 Å². The largest absolute Gasteiger partial charge is 0.462 e. The van der Waals surface area contributed by atoms with Crippen LogP contribution in [0.1, 0.15) is 393 Å². The topological polar surface area (TPSA) is 78.9 Å². The van der Waals surface area contributed by atoms with Crippen LogP contribution in [0.25, 0.3) is 0 Å². The highest BCUT2D eigenvalue weighted by molar-refractivity contribution is 5.71. The molecule has 0 rings (SSSR count). The van der Waals surface area contributed by atoms with E-state index in [-0.39, 0.29) is 31.1 Å². The van der Waals surface area contributed by atoms with Crippen LogP contribution >= 0.6 is 0 Å². The summed E-state index contributed by atoms with van der Waals surface area (Å²) in [7, 11) is 0. The van der Waals surface area contributed by atoms with Crippen molar-refractivity contribution in [3.63, 3.8) is 0 Å². The first kappa shape index (κ1) is 74.9. The molecule has 0 aromatic carbocycles. The lowest BCUT2D eigenvalue weighted by Gasteiger charge is -2.18. The smallest absolute Gasteiger partial charge is 0.306 e. The quantitative estimate of drug-likeness (QED) is 0.0261. The Morgan fingerprint density at radius 3 is 0.649 bits per heavy atom. The lowest BCUT2D eigenvalue weighted by atomic mass is 10.0. The van der Waals surface area contributed by atoms with Crippen molar-refractivity contribution < 1.29 is 28.6 Å². The molecule has 0 aliphatic heterocycles. The number of unbranched alkanes of at least 4 members (excludes halogenated alkanes) is 50. The Bertz CT molecular complexity index is 1240. The highest BCUT2D eigenvalue weighted by Crippen LogP contribution is 2.18. The van der Waals surface area contributed by atoms with Gasteiger partial charge in [0.25, 0.3) is 0 Å². The Hall–Kier alpha value is -2.11. The molecule has 77 heavy (non-hydrogen) atoms. The van der Waals surface area contributed by atoms with Crippen molar-refractivity contribution in [3.8, 4) is 0 Å². The number of rotatable bonds is 65. The zero-order valence-corrected chi connectivity index (χ0v) is 52.3. The summed E-state index contributed by atoms with van der Waals surface area (Å²) >= 11 is 0. The molecule has 0 bridgehead atoms. The molecule has 0 heterocycles. The van der Waals surface area contributed by atoms with Gasteiger partial charge in [-0.05, 0) is 70.6 Å². The van der Waals surface area contributed by atoms with Gasteiger partial charge in [-0.15, -0.1) is 0 Å². The number of carbonyl (C=O) groups excluding carboxylic acids is 3. The maximum absolute atomic E-state index is 12.9. The van der Waals surface area contributed by atoms with Gasteiger partial charge in [0.2, 0.25) is 0 Å². The van der Waals surface area contributed by atoms with Gasteiger partial charge in [-0.2, -0.15) is 0 Å². The molecule has 1 atom stereocenters. The number of carbonyl (C=O) groups is 3. The standard InChI is InChI=1S/C71H134O6/c1-4-7-10-13-16-19-22-25-28-31-32-33-34-35-36-37-38-39-40-41-44-46-49-52-55-58-61-64-70(73)76-67-68(77-71(74)65-62-59-56-53-50-47-43-30-27-24-21-18-15-12-9-6-3)66-75-69(72)63-60-57-54-51-48-45-42-29-26-23-20-17-14-11-8-5-2/h30-32,43,68H,4-29,33-42,44-67H2,1-3H3/b32-31-,43-30-. The molecule has 454 valence electrons. The third-order valence-electron chi connectivity index (χ3n) is 15.9. The zero-order chi connectivity index (χ0) is 55.7. The molecular formula is C71H134O6. The van der Waals surface area contributed by atoms with Gasteiger partial charge in [0.15, 0.2) is 6.10 Å².